The summed E-state index contributed by atoms with van der Waals surface area (Å²) in [5.41, 5.74) is 3.36. The second-order valence-electron chi connectivity index (χ2n) is 4.02. The van der Waals surface area contributed by atoms with E-state index < -0.39 is 0 Å². The monoisotopic (exact) mass is 203 g/mol. The summed E-state index contributed by atoms with van der Waals surface area (Å²) in [5.74, 6) is 1.36. The second kappa shape index (κ2) is 4.84. The Balaban J connectivity index is 3.27. The molecule has 2 nitrogen and oxygen atoms in total. The molecule has 15 heavy (non-hydrogen) atoms. The van der Waals surface area contributed by atoms with E-state index >= 15 is 0 Å². The number of ether oxygens (including phenoxy) is 1. The molecular formula is C13H17NO. The van der Waals surface area contributed by atoms with Gasteiger partial charge in [-0.2, -0.15) is 5.26 Å². The van der Waals surface area contributed by atoms with E-state index in [4.69, 9.17) is 10.00 Å². The lowest BCUT2D eigenvalue weighted by atomic mass is 9.95. The number of rotatable bonds is 3. The van der Waals surface area contributed by atoms with Gasteiger partial charge in [0.2, 0.25) is 0 Å². The number of hydrogen-bond donors (Lipinski definition) is 0. The first kappa shape index (κ1) is 11.6. The Morgan fingerprint density at radius 3 is 2.53 bits per heavy atom. The standard InChI is InChI=1S/C13H17NO/c1-9(2)12-8-11(5-6-14)7-10(3)13(12)15-4/h7-9H,5H2,1-4H3. The molecule has 1 aromatic carbocycles. The molecule has 0 aliphatic carbocycles. The number of methoxy groups -OCH3 is 1. The molecule has 0 amide bonds. The number of nitriles is 1. The highest BCUT2D eigenvalue weighted by molar-refractivity contribution is 5.46. The molecule has 2 heteroatoms. The van der Waals surface area contributed by atoms with Crippen LogP contribution in [0.5, 0.6) is 5.75 Å². The lowest BCUT2D eigenvalue weighted by Crippen LogP contribution is -1.99. The van der Waals surface area contributed by atoms with Crippen LogP contribution >= 0.6 is 0 Å². The summed E-state index contributed by atoms with van der Waals surface area (Å²) < 4.78 is 5.39. The van der Waals surface area contributed by atoms with Crippen LogP contribution in [0.2, 0.25) is 0 Å². The van der Waals surface area contributed by atoms with Crippen molar-refractivity contribution >= 4 is 0 Å². The Bertz CT molecular complexity index is 388. The molecule has 0 aromatic heterocycles. The fourth-order valence-electron chi connectivity index (χ4n) is 1.78. The van der Waals surface area contributed by atoms with Crippen LogP contribution in [0.1, 0.15) is 36.5 Å². The van der Waals surface area contributed by atoms with Gasteiger partial charge < -0.3 is 4.74 Å². The smallest absolute Gasteiger partial charge is 0.125 e. The van der Waals surface area contributed by atoms with Crippen LogP contribution in [0.3, 0.4) is 0 Å². The van der Waals surface area contributed by atoms with Crippen LogP contribution in [0, 0.1) is 18.3 Å². The summed E-state index contributed by atoms with van der Waals surface area (Å²) in [6.45, 7) is 6.28. The lowest BCUT2D eigenvalue weighted by Gasteiger charge is -2.15. The molecule has 0 heterocycles. The highest BCUT2D eigenvalue weighted by Crippen LogP contribution is 2.31. The van der Waals surface area contributed by atoms with E-state index in [2.05, 4.69) is 26.0 Å². The zero-order valence-corrected chi connectivity index (χ0v) is 9.79. The van der Waals surface area contributed by atoms with Crippen LogP contribution in [0.4, 0.5) is 0 Å². The van der Waals surface area contributed by atoms with Crippen molar-refractivity contribution < 1.29 is 4.74 Å². The predicted octanol–water partition coefficient (Wildman–Crippen LogP) is 3.19. The van der Waals surface area contributed by atoms with Gasteiger partial charge >= 0.3 is 0 Å². The predicted molar refractivity (Wildman–Crippen MR) is 61.1 cm³/mol. The first-order valence-electron chi connectivity index (χ1n) is 5.14. The van der Waals surface area contributed by atoms with Crippen LogP contribution in [0.25, 0.3) is 0 Å². The Labute approximate surface area is 91.5 Å². The van der Waals surface area contributed by atoms with Crippen molar-refractivity contribution in [3.8, 4) is 11.8 Å². The SMILES string of the molecule is COc1c(C)cc(CC#N)cc1C(C)C. The Morgan fingerprint density at radius 1 is 1.40 bits per heavy atom. The number of hydrogen-bond acceptors (Lipinski definition) is 2. The summed E-state index contributed by atoms with van der Waals surface area (Å²) >= 11 is 0. The number of benzene rings is 1. The van der Waals surface area contributed by atoms with Gasteiger partial charge in [-0.1, -0.05) is 26.0 Å². The molecule has 0 aliphatic heterocycles. The first-order valence-corrected chi connectivity index (χ1v) is 5.14. The molecule has 0 unspecified atom stereocenters. The van der Waals surface area contributed by atoms with Crippen molar-refractivity contribution in [3.63, 3.8) is 0 Å². The van der Waals surface area contributed by atoms with Crippen molar-refractivity contribution in [1.29, 1.82) is 5.26 Å². The van der Waals surface area contributed by atoms with Crippen molar-refractivity contribution in [1.82, 2.24) is 0 Å². The lowest BCUT2D eigenvalue weighted by molar-refractivity contribution is 0.404. The molecule has 0 saturated heterocycles. The fraction of sp³-hybridized carbons (Fsp3) is 0.462. The largest absolute Gasteiger partial charge is 0.496 e. The maximum Gasteiger partial charge on any atom is 0.125 e. The van der Waals surface area contributed by atoms with E-state index in [1.807, 2.05) is 13.0 Å². The van der Waals surface area contributed by atoms with Gasteiger partial charge in [-0.15, -0.1) is 0 Å². The van der Waals surface area contributed by atoms with Gasteiger partial charge in [0.1, 0.15) is 5.75 Å². The van der Waals surface area contributed by atoms with Crippen molar-refractivity contribution in [2.45, 2.75) is 33.1 Å². The third kappa shape index (κ3) is 2.50. The molecule has 0 aliphatic rings. The van der Waals surface area contributed by atoms with Crippen LogP contribution in [-0.2, 0) is 6.42 Å². The zero-order chi connectivity index (χ0) is 11.4. The van der Waals surface area contributed by atoms with Gasteiger partial charge in [-0.25, -0.2) is 0 Å². The minimum atomic E-state index is 0.414. The van der Waals surface area contributed by atoms with Gasteiger partial charge in [0.05, 0.1) is 19.6 Å². The van der Waals surface area contributed by atoms with Gasteiger partial charge in [0.25, 0.3) is 0 Å². The van der Waals surface area contributed by atoms with Crippen molar-refractivity contribution in [3.05, 3.63) is 28.8 Å². The van der Waals surface area contributed by atoms with E-state index in [0.29, 0.717) is 12.3 Å². The van der Waals surface area contributed by atoms with E-state index in [0.717, 1.165) is 16.9 Å². The molecule has 0 spiro atoms. The van der Waals surface area contributed by atoms with Crippen molar-refractivity contribution in [2.75, 3.05) is 7.11 Å². The summed E-state index contributed by atoms with van der Waals surface area (Å²) in [4.78, 5) is 0. The van der Waals surface area contributed by atoms with E-state index in [9.17, 15) is 0 Å². The van der Waals surface area contributed by atoms with Gasteiger partial charge in [-0.05, 0) is 29.5 Å². The van der Waals surface area contributed by atoms with Gasteiger partial charge in [0.15, 0.2) is 0 Å². The first-order chi connectivity index (χ1) is 7.10. The second-order valence-corrected chi connectivity index (χ2v) is 4.02. The van der Waals surface area contributed by atoms with Crippen LogP contribution in [-0.4, -0.2) is 7.11 Å². The molecular weight excluding hydrogens is 186 g/mol. The summed E-state index contributed by atoms with van der Waals surface area (Å²) in [5, 5.41) is 8.69. The van der Waals surface area contributed by atoms with E-state index in [1.165, 1.54) is 5.56 Å². The molecule has 0 fully saturated rings. The Kier molecular flexibility index (Phi) is 3.74. The van der Waals surface area contributed by atoms with Gasteiger partial charge in [0, 0.05) is 0 Å². The van der Waals surface area contributed by atoms with Crippen molar-refractivity contribution in [2.24, 2.45) is 0 Å². The molecule has 0 bridgehead atoms. The highest BCUT2D eigenvalue weighted by Gasteiger charge is 2.11. The third-order valence-electron chi connectivity index (χ3n) is 2.47. The third-order valence-corrected chi connectivity index (χ3v) is 2.47. The quantitative estimate of drug-likeness (QED) is 0.755. The molecule has 0 saturated carbocycles. The topological polar surface area (TPSA) is 33.0 Å². The average molecular weight is 203 g/mol. The number of aryl methyl sites for hydroxylation is 1. The summed E-state index contributed by atoms with van der Waals surface area (Å²) in [7, 11) is 1.69. The van der Waals surface area contributed by atoms with Gasteiger partial charge in [-0.3, -0.25) is 0 Å². The Hall–Kier alpha value is -1.49. The summed E-state index contributed by atoms with van der Waals surface area (Å²) in [6, 6.07) is 6.26. The molecule has 80 valence electrons. The van der Waals surface area contributed by atoms with Crippen LogP contribution < -0.4 is 4.74 Å². The maximum absolute atomic E-state index is 8.69. The normalized spacial score (nSPS) is 10.1. The van der Waals surface area contributed by atoms with E-state index in [1.54, 1.807) is 7.11 Å². The summed E-state index contributed by atoms with van der Waals surface area (Å²) in [6.07, 6.45) is 0.463. The Morgan fingerprint density at radius 2 is 2.07 bits per heavy atom. The highest BCUT2D eigenvalue weighted by atomic mass is 16.5. The molecule has 0 atom stereocenters. The number of nitrogens with zero attached hydrogens (tertiary/aromatic N) is 1. The van der Waals surface area contributed by atoms with Crippen LogP contribution in [0.15, 0.2) is 12.1 Å². The average Bonchev–Trinajstić information content (AvgIpc) is 2.17. The molecule has 1 rings (SSSR count). The minimum Gasteiger partial charge on any atom is -0.496 e. The molecule has 1 aromatic rings. The fourth-order valence-corrected chi connectivity index (χ4v) is 1.78. The molecule has 0 N–H and O–H groups in total. The zero-order valence-electron chi connectivity index (χ0n) is 9.79. The maximum atomic E-state index is 8.69. The van der Waals surface area contributed by atoms with E-state index in [-0.39, 0.29) is 0 Å². The molecule has 0 radical (unpaired) electrons. The minimum absolute atomic E-state index is 0.414.